The van der Waals surface area contributed by atoms with Gasteiger partial charge in [0.05, 0.1) is 23.6 Å². The van der Waals surface area contributed by atoms with E-state index in [1.54, 1.807) is 48.5 Å². The van der Waals surface area contributed by atoms with Crippen molar-refractivity contribution in [3.63, 3.8) is 0 Å². The zero-order valence-corrected chi connectivity index (χ0v) is 19.6. The standard InChI is InChI=1S/C27H18BrNO5/c1-14-10-12-15(13-11-14)22-20-21(26(33)29(25(20)32)19-9-5-4-8-18(19)28)27(34-22)23(30)16-6-2-3-7-17(16)24(27)31/h2-13,20-22H,1H3/t20-,21-,22-/m0/s1. The van der Waals surface area contributed by atoms with Crippen LogP contribution < -0.4 is 4.90 Å². The summed E-state index contributed by atoms with van der Waals surface area (Å²) in [7, 11) is 0. The van der Waals surface area contributed by atoms with Crippen LogP contribution in [0.1, 0.15) is 37.9 Å². The third-order valence-corrected chi connectivity index (χ3v) is 7.69. The van der Waals surface area contributed by atoms with E-state index in [0.717, 1.165) is 10.5 Å². The lowest BCUT2D eigenvalue weighted by Gasteiger charge is -2.27. The Morgan fingerprint density at radius 2 is 1.38 bits per heavy atom. The van der Waals surface area contributed by atoms with Crippen LogP contribution in [0.3, 0.4) is 0 Å². The van der Waals surface area contributed by atoms with Gasteiger partial charge in [0, 0.05) is 15.6 Å². The van der Waals surface area contributed by atoms with Crippen molar-refractivity contribution in [2.75, 3.05) is 4.90 Å². The number of nitrogens with zero attached hydrogens (tertiary/aromatic N) is 1. The molecule has 3 aromatic carbocycles. The number of carbonyl (C=O) groups is 4. The summed E-state index contributed by atoms with van der Waals surface area (Å²) in [6.07, 6.45) is -0.920. The van der Waals surface area contributed by atoms with Crippen LogP contribution in [-0.2, 0) is 14.3 Å². The van der Waals surface area contributed by atoms with Gasteiger partial charge in [0.25, 0.3) is 0 Å². The number of benzene rings is 3. The van der Waals surface area contributed by atoms with Crippen molar-refractivity contribution in [3.05, 3.63) is 99.5 Å². The van der Waals surface area contributed by atoms with Crippen molar-refractivity contribution < 1.29 is 23.9 Å². The fourth-order valence-electron chi connectivity index (χ4n) is 5.44. The van der Waals surface area contributed by atoms with Crippen molar-refractivity contribution in [1.82, 2.24) is 0 Å². The Balaban J connectivity index is 1.56. The Hall–Kier alpha value is -3.42. The summed E-state index contributed by atoms with van der Waals surface area (Å²) >= 11 is 3.42. The summed E-state index contributed by atoms with van der Waals surface area (Å²) in [5.41, 5.74) is 0.402. The second kappa shape index (κ2) is 7.29. The lowest BCUT2D eigenvalue weighted by atomic mass is 9.77. The second-order valence-electron chi connectivity index (χ2n) is 8.86. The molecule has 2 fully saturated rings. The van der Waals surface area contributed by atoms with Gasteiger partial charge in [-0.1, -0.05) is 66.2 Å². The first-order chi connectivity index (χ1) is 16.4. The van der Waals surface area contributed by atoms with Crippen molar-refractivity contribution in [2.45, 2.75) is 18.6 Å². The van der Waals surface area contributed by atoms with Crippen LogP contribution in [0.5, 0.6) is 0 Å². The SMILES string of the molecule is Cc1ccc([C@@H]2OC3(C(=O)c4ccccc4C3=O)[C@@H]3C(=O)N(c4ccccc4Br)C(=O)[C@@H]32)cc1. The van der Waals surface area contributed by atoms with Crippen molar-refractivity contribution >= 4 is 45.0 Å². The maximum atomic E-state index is 13.9. The smallest absolute Gasteiger partial charge is 0.241 e. The van der Waals surface area contributed by atoms with Gasteiger partial charge in [0.1, 0.15) is 0 Å². The highest BCUT2D eigenvalue weighted by Crippen LogP contribution is 2.58. The molecule has 0 radical (unpaired) electrons. The molecule has 6 rings (SSSR count). The first-order valence-electron chi connectivity index (χ1n) is 10.9. The van der Waals surface area contributed by atoms with E-state index in [2.05, 4.69) is 15.9 Å². The lowest BCUT2D eigenvalue weighted by Crippen LogP contribution is -2.51. The van der Waals surface area contributed by atoms with Gasteiger partial charge in [-0.15, -0.1) is 0 Å². The van der Waals surface area contributed by atoms with Gasteiger partial charge in [0.15, 0.2) is 0 Å². The molecule has 3 atom stereocenters. The molecule has 1 aliphatic carbocycles. The highest BCUT2D eigenvalue weighted by molar-refractivity contribution is 9.10. The van der Waals surface area contributed by atoms with Gasteiger partial charge in [-0.25, -0.2) is 4.90 Å². The number of ketones is 2. The summed E-state index contributed by atoms with van der Waals surface area (Å²) in [4.78, 5) is 56.2. The van der Waals surface area contributed by atoms with Crippen LogP contribution in [0.2, 0.25) is 0 Å². The largest absolute Gasteiger partial charge is 0.349 e. The predicted molar refractivity (Wildman–Crippen MR) is 126 cm³/mol. The van der Waals surface area contributed by atoms with Crippen LogP contribution in [0.15, 0.2) is 77.3 Å². The minimum absolute atomic E-state index is 0.218. The molecule has 34 heavy (non-hydrogen) atoms. The quantitative estimate of drug-likeness (QED) is 0.372. The van der Waals surface area contributed by atoms with Crippen LogP contribution in [0.25, 0.3) is 0 Å². The van der Waals surface area contributed by atoms with Gasteiger partial charge in [0.2, 0.25) is 29.0 Å². The summed E-state index contributed by atoms with van der Waals surface area (Å²) in [5.74, 6) is -4.48. The molecule has 2 aliphatic heterocycles. The normalized spacial score (nSPS) is 24.8. The summed E-state index contributed by atoms with van der Waals surface area (Å²) in [6.45, 7) is 1.93. The number of carbonyl (C=O) groups excluding carboxylic acids is 4. The third kappa shape index (κ3) is 2.59. The number of halogens is 1. The second-order valence-corrected chi connectivity index (χ2v) is 9.71. The zero-order chi connectivity index (χ0) is 23.8. The minimum atomic E-state index is -2.06. The fourth-order valence-corrected chi connectivity index (χ4v) is 5.91. The Labute approximate surface area is 203 Å². The number of amides is 2. The number of hydrogen-bond donors (Lipinski definition) is 0. The van der Waals surface area contributed by atoms with Gasteiger partial charge in [-0.05, 0) is 40.5 Å². The van der Waals surface area contributed by atoms with E-state index in [1.165, 1.54) is 0 Å². The molecule has 0 unspecified atom stereocenters. The van der Waals surface area contributed by atoms with Crippen LogP contribution in [0.4, 0.5) is 5.69 Å². The molecule has 0 N–H and O–H groups in total. The maximum Gasteiger partial charge on any atom is 0.241 e. The molecular weight excluding hydrogens is 498 g/mol. The number of aryl methyl sites for hydroxylation is 1. The zero-order valence-electron chi connectivity index (χ0n) is 18.0. The molecule has 2 amide bonds. The van der Waals surface area contributed by atoms with Crippen molar-refractivity contribution in [3.8, 4) is 0 Å². The monoisotopic (exact) mass is 515 g/mol. The van der Waals surface area contributed by atoms with Gasteiger partial charge >= 0.3 is 0 Å². The maximum absolute atomic E-state index is 13.9. The minimum Gasteiger partial charge on any atom is -0.349 e. The Bertz CT molecular complexity index is 1380. The topological polar surface area (TPSA) is 80.8 Å². The molecule has 0 saturated carbocycles. The number of Topliss-reactive ketones (excluding diaryl/α,β-unsaturated/α-hetero) is 2. The first-order valence-corrected chi connectivity index (χ1v) is 11.7. The number of para-hydroxylation sites is 1. The number of fused-ring (bicyclic) bond motifs is 3. The molecule has 0 aromatic heterocycles. The number of imide groups is 1. The van der Waals surface area contributed by atoms with Crippen LogP contribution in [-0.4, -0.2) is 29.0 Å². The molecule has 168 valence electrons. The molecular formula is C27H18BrNO5. The molecule has 7 heteroatoms. The summed E-state index contributed by atoms with van der Waals surface area (Å²) in [5, 5.41) is 0. The average molecular weight is 516 g/mol. The lowest BCUT2D eigenvalue weighted by molar-refractivity contribution is -0.127. The highest BCUT2D eigenvalue weighted by Gasteiger charge is 2.74. The Morgan fingerprint density at radius 1 is 0.794 bits per heavy atom. The van der Waals surface area contributed by atoms with Crippen LogP contribution >= 0.6 is 15.9 Å². The van der Waals surface area contributed by atoms with E-state index < -0.39 is 46.9 Å². The average Bonchev–Trinajstić information content (AvgIpc) is 3.40. The van der Waals surface area contributed by atoms with E-state index in [9.17, 15) is 19.2 Å². The van der Waals surface area contributed by atoms with Crippen LogP contribution in [0, 0.1) is 18.8 Å². The van der Waals surface area contributed by atoms with E-state index in [1.807, 2.05) is 31.2 Å². The van der Waals surface area contributed by atoms with Gasteiger partial charge in [-0.3, -0.25) is 19.2 Å². The molecule has 2 heterocycles. The number of rotatable bonds is 2. The number of anilines is 1. The van der Waals surface area contributed by atoms with E-state index >= 15 is 0 Å². The van der Waals surface area contributed by atoms with Gasteiger partial charge in [-0.2, -0.15) is 0 Å². The van der Waals surface area contributed by atoms with Gasteiger partial charge < -0.3 is 4.74 Å². The third-order valence-electron chi connectivity index (χ3n) is 7.02. The predicted octanol–water partition coefficient (Wildman–Crippen LogP) is 4.45. The summed E-state index contributed by atoms with van der Waals surface area (Å²) in [6, 6.07) is 20.7. The molecule has 2 saturated heterocycles. The molecule has 6 nitrogen and oxygen atoms in total. The van der Waals surface area contributed by atoms with E-state index in [0.29, 0.717) is 15.7 Å². The number of ether oxygens (including phenoxy) is 1. The van der Waals surface area contributed by atoms with E-state index in [4.69, 9.17) is 4.74 Å². The molecule has 1 spiro atoms. The molecule has 0 bridgehead atoms. The van der Waals surface area contributed by atoms with E-state index in [-0.39, 0.29) is 11.1 Å². The molecule has 3 aliphatic rings. The number of hydrogen-bond acceptors (Lipinski definition) is 5. The van der Waals surface area contributed by atoms with Crippen molar-refractivity contribution in [1.29, 1.82) is 0 Å². The Kier molecular flexibility index (Phi) is 4.53. The molecule has 3 aromatic rings. The highest BCUT2D eigenvalue weighted by atomic mass is 79.9. The summed E-state index contributed by atoms with van der Waals surface area (Å²) < 4.78 is 6.85. The first kappa shape index (κ1) is 21.1. The van der Waals surface area contributed by atoms with Crippen molar-refractivity contribution in [2.24, 2.45) is 11.8 Å². The fraction of sp³-hybridized carbons (Fsp3) is 0.185. The Morgan fingerprint density at radius 3 is 2.00 bits per heavy atom.